The molecule has 110 valence electrons. The van der Waals surface area contributed by atoms with Crippen LogP contribution >= 0.6 is 11.8 Å². The third-order valence-corrected chi connectivity index (χ3v) is 5.06. The summed E-state index contributed by atoms with van der Waals surface area (Å²) in [6.07, 6.45) is 3.64. The van der Waals surface area contributed by atoms with Crippen LogP contribution in [0.15, 0.2) is 6.33 Å². The molecule has 1 unspecified atom stereocenters. The van der Waals surface area contributed by atoms with Gasteiger partial charge in [0.25, 0.3) is 0 Å². The predicted octanol–water partition coefficient (Wildman–Crippen LogP) is 0.355. The van der Waals surface area contributed by atoms with Crippen LogP contribution in [0.3, 0.4) is 0 Å². The van der Waals surface area contributed by atoms with Crippen LogP contribution < -0.4 is 0 Å². The van der Waals surface area contributed by atoms with Crippen LogP contribution in [0.25, 0.3) is 0 Å². The van der Waals surface area contributed by atoms with Gasteiger partial charge in [-0.25, -0.2) is 4.98 Å². The van der Waals surface area contributed by atoms with E-state index in [4.69, 9.17) is 0 Å². The van der Waals surface area contributed by atoms with Gasteiger partial charge in [-0.15, -0.1) is 0 Å². The van der Waals surface area contributed by atoms with Crippen molar-refractivity contribution in [1.82, 2.24) is 24.6 Å². The van der Waals surface area contributed by atoms with Crippen molar-refractivity contribution < 1.29 is 4.79 Å². The van der Waals surface area contributed by atoms with Gasteiger partial charge in [0.15, 0.2) is 0 Å². The lowest BCUT2D eigenvalue weighted by molar-refractivity contribution is -0.135. The summed E-state index contributed by atoms with van der Waals surface area (Å²) >= 11 is 1.94. The highest BCUT2D eigenvalue weighted by Crippen LogP contribution is 2.22. The van der Waals surface area contributed by atoms with E-state index in [1.165, 1.54) is 0 Å². The molecule has 2 saturated heterocycles. The Morgan fingerprint density at radius 2 is 2.20 bits per heavy atom. The van der Waals surface area contributed by atoms with Gasteiger partial charge in [0.05, 0.1) is 12.6 Å². The number of hydrogen-bond acceptors (Lipinski definition) is 5. The fraction of sp³-hybridized carbons (Fsp3) is 0.769. The zero-order valence-corrected chi connectivity index (χ0v) is 12.7. The molecule has 1 amide bonds. The first kappa shape index (κ1) is 13.9. The summed E-state index contributed by atoms with van der Waals surface area (Å²) < 4.78 is 1.79. The van der Waals surface area contributed by atoms with Crippen LogP contribution in [0.2, 0.25) is 0 Å². The fourth-order valence-corrected chi connectivity index (χ4v) is 3.84. The maximum absolute atomic E-state index is 12.7. The zero-order chi connectivity index (χ0) is 13.9. The maximum Gasteiger partial charge on any atom is 0.239 e. The van der Waals surface area contributed by atoms with Crippen molar-refractivity contribution in [2.75, 3.05) is 31.1 Å². The first-order valence-electron chi connectivity index (χ1n) is 7.19. The molecule has 0 saturated carbocycles. The summed E-state index contributed by atoms with van der Waals surface area (Å²) in [7, 11) is 1.90. The second-order valence-electron chi connectivity index (χ2n) is 5.37. The van der Waals surface area contributed by atoms with Gasteiger partial charge in [0.1, 0.15) is 12.2 Å². The molecule has 3 heterocycles. The highest BCUT2D eigenvalue weighted by atomic mass is 32.2. The van der Waals surface area contributed by atoms with Gasteiger partial charge in [-0.3, -0.25) is 14.4 Å². The number of amides is 1. The average molecular weight is 295 g/mol. The standard InChI is InChI=1S/C13H21N5OS/c1-16-12(14-10-15-16)9-18-4-2-3-11(18)13(19)17-5-7-20-8-6-17/h10-11H,2-9H2,1H3. The monoisotopic (exact) mass is 295 g/mol. The van der Waals surface area contributed by atoms with Crippen LogP contribution in [0, 0.1) is 0 Å². The van der Waals surface area contributed by atoms with Crippen molar-refractivity contribution in [3.05, 3.63) is 12.2 Å². The molecule has 0 aliphatic carbocycles. The quantitative estimate of drug-likeness (QED) is 0.806. The van der Waals surface area contributed by atoms with Gasteiger partial charge in [0.2, 0.25) is 5.91 Å². The average Bonchev–Trinajstić information content (AvgIpc) is 3.09. The van der Waals surface area contributed by atoms with Crippen molar-refractivity contribution >= 4 is 17.7 Å². The number of thioether (sulfide) groups is 1. The molecule has 1 aromatic heterocycles. The Balaban J connectivity index is 1.65. The third-order valence-electron chi connectivity index (χ3n) is 4.12. The minimum atomic E-state index is 0.0369. The molecule has 3 rings (SSSR count). The molecule has 0 N–H and O–H groups in total. The number of aryl methyl sites for hydroxylation is 1. The zero-order valence-electron chi connectivity index (χ0n) is 11.9. The minimum Gasteiger partial charge on any atom is -0.340 e. The number of likely N-dealkylation sites (tertiary alicyclic amines) is 1. The van der Waals surface area contributed by atoms with Crippen LogP contribution in [-0.2, 0) is 18.4 Å². The minimum absolute atomic E-state index is 0.0369. The number of carbonyl (C=O) groups is 1. The smallest absolute Gasteiger partial charge is 0.239 e. The SMILES string of the molecule is Cn1ncnc1CN1CCCC1C(=O)N1CCSCC1. The Labute approximate surface area is 123 Å². The van der Waals surface area contributed by atoms with Crippen LogP contribution in [0.4, 0.5) is 0 Å². The normalized spacial score (nSPS) is 24.2. The van der Waals surface area contributed by atoms with Crippen LogP contribution in [0.1, 0.15) is 18.7 Å². The van der Waals surface area contributed by atoms with Gasteiger partial charge >= 0.3 is 0 Å². The lowest BCUT2D eigenvalue weighted by Crippen LogP contribution is -2.48. The lowest BCUT2D eigenvalue weighted by atomic mass is 10.2. The van der Waals surface area contributed by atoms with Gasteiger partial charge in [-0.2, -0.15) is 16.9 Å². The van der Waals surface area contributed by atoms with Crippen molar-refractivity contribution in [3.63, 3.8) is 0 Å². The maximum atomic E-state index is 12.7. The lowest BCUT2D eigenvalue weighted by Gasteiger charge is -2.32. The van der Waals surface area contributed by atoms with E-state index < -0.39 is 0 Å². The Morgan fingerprint density at radius 1 is 1.40 bits per heavy atom. The van der Waals surface area contributed by atoms with Gasteiger partial charge < -0.3 is 4.90 Å². The Kier molecular flexibility index (Phi) is 4.26. The Bertz CT molecular complexity index is 471. The largest absolute Gasteiger partial charge is 0.340 e. The third kappa shape index (κ3) is 2.83. The molecule has 20 heavy (non-hydrogen) atoms. The molecule has 0 aromatic carbocycles. The Hall–Kier alpha value is -1.08. The second-order valence-corrected chi connectivity index (χ2v) is 6.59. The summed E-state index contributed by atoms with van der Waals surface area (Å²) in [4.78, 5) is 21.2. The molecule has 2 aliphatic rings. The van der Waals surface area contributed by atoms with E-state index in [-0.39, 0.29) is 6.04 Å². The number of hydrogen-bond donors (Lipinski definition) is 0. The molecular weight excluding hydrogens is 274 g/mol. The fourth-order valence-electron chi connectivity index (χ4n) is 2.93. The molecule has 0 bridgehead atoms. The number of rotatable bonds is 3. The van der Waals surface area contributed by atoms with Gasteiger partial charge in [0, 0.05) is 31.6 Å². The molecule has 2 fully saturated rings. The van der Waals surface area contributed by atoms with Gasteiger partial charge in [-0.1, -0.05) is 0 Å². The van der Waals surface area contributed by atoms with E-state index in [1.807, 2.05) is 23.7 Å². The molecule has 2 aliphatic heterocycles. The van der Waals surface area contributed by atoms with Crippen molar-refractivity contribution in [2.24, 2.45) is 7.05 Å². The Morgan fingerprint density at radius 3 is 2.90 bits per heavy atom. The van der Waals surface area contributed by atoms with E-state index in [0.29, 0.717) is 5.91 Å². The summed E-state index contributed by atoms with van der Waals surface area (Å²) in [6.45, 7) is 3.50. The molecule has 0 radical (unpaired) electrons. The molecular formula is C13H21N5OS. The van der Waals surface area contributed by atoms with Crippen LogP contribution in [0.5, 0.6) is 0 Å². The molecule has 1 aromatic rings. The van der Waals surface area contributed by atoms with E-state index in [2.05, 4.69) is 15.0 Å². The van der Waals surface area contributed by atoms with E-state index in [9.17, 15) is 4.79 Å². The first-order chi connectivity index (χ1) is 9.75. The summed E-state index contributed by atoms with van der Waals surface area (Å²) in [5.41, 5.74) is 0. The molecule has 1 atom stereocenters. The van der Waals surface area contributed by atoms with Crippen molar-refractivity contribution in [2.45, 2.75) is 25.4 Å². The van der Waals surface area contributed by atoms with Gasteiger partial charge in [-0.05, 0) is 19.4 Å². The number of carbonyl (C=O) groups excluding carboxylic acids is 1. The summed E-state index contributed by atoms with van der Waals surface area (Å²) in [6, 6.07) is 0.0369. The van der Waals surface area contributed by atoms with E-state index in [1.54, 1.807) is 11.0 Å². The summed E-state index contributed by atoms with van der Waals surface area (Å²) in [5.74, 6) is 3.38. The highest BCUT2D eigenvalue weighted by Gasteiger charge is 2.34. The number of aromatic nitrogens is 3. The molecule has 0 spiro atoms. The summed E-state index contributed by atoms with van der Waals surface area (Å²) in [5, 5.41) is 4.10. The van der Waals surface area contributed by atoms with Crippen LogP contribution in [-0.4, -0.2) is 67.7 Å². The topological polar surface area (TPSA) is 54.3 Å². The van der Waals surface area contributed by atoms with Crippen molar-refractivity contribution in [1.29, 1.82) is 0 Å². The second kappa shape index (κ2) is 6.13. The van der Waals surface area contributed by atoms with E-state index >= 15 is 0 Å². The predicted molar refractivity (Wildman–Crippen MR) is 78.3 cm³/mol. The molecule has 6 nitrogen and oxygen atoms in total. The van der Waals surface area contributed by atoms with E-state index in [0.717, 1.165) is 56.4 Å². The number of nitrogens with zero attached hydrogens (tertiary/aromatic N) is 5. The highest BCUT2D eigenvalue weighted by molar-refractivity contribution is 7.99. The molecule has 7 heteroatoms. The first-order valence-corrected chi connectivity index (χ1v) is 8.34. The van der Waals surface area contributed by atoms with Crippen molar-refractivity contribution in [3.8, 4) is 0 Å².